The second kappa shape index (κ2) is 8.06. The number of rotatable bonds is 5. The van der Waals surface area contributed by atoms with Crippen LogP contribution in [0.4, 0.5) is 10.2 Å². The lowest BCUT2D eigenvalue weighted by atomic mass is 10.1. The van der Waals surface area contributed by atoms with Crippen molar-refractivity contribution in [3.8, 4) is 11.1 Å². The van der Waals surface area contributed by atoms with Gasteiger partial charge in [-0.05, 0) is 32.0 Å². The van der Waals surface area contributed by atoms with E-state index in [9.17, 15) is 9.50 Å². The van der Waals surface area contributed by atoms with Gasteiger partial charge in [0.2, 0.25) is 0 Å². The van der Waals surface area contributed by atoms with Crippen LogP contribution >= 0.6 is 35.0 Å². The maximum absolute atomic E-state index is 13.8. The molecule has 3 aromatic rings. The molecule has 0 aliphatic rings. The Balaban J connectivity index is 1.92. The van der Waals surface area contributed by atoms with Crippen molar-refractivity contribution in [2.45, 2.75) is 30.2 Å². The second-order valence-electron chi connectivity index (χ2n) is 5.97. The third-order valence-corrected chi connectivity index (χ3v) is 5.87. The van der Waals surface area contributed by atoms with E-state index in [1.807, 2.05) is 13.0 Å². The van der Waals surface area contributed by atoms with Crippen LogP contribution in [-0.2, 0) is 0 Å². The van der Waals surface area contributed by atoms with Gasteiger partial charge in [0.15, 0.2) is 0 Å². The number of aromatic nitrogens is 3. The number of hydrogen-bond acceptors (Lipinski definition) is 5. The van der Waals surface area contributed by atoms with Crippen LogP contribution in [-0.4, -0.2) is 19.9 Å². The highest BCUT2D eigenvalue weighted by Crippen LogP contribution is 2.44. The van der Waals surface area contributed by atoms with E-state index < -0.39 is 12.0 Å². The number of nitrogens with two attached hydrogens (primary N) is 1. The standard InChI is InChI=1S/C18H17Cl2FN4OS/c1-9(16-13(19)3-4-14(21)17(16)20)27-15-5-11(6-23-18(15)22)12-7-24-25(8-12)10(2)26/h3-10,26H,1-2H3,(H2,22,23). The molecule has 0 fully saturated rings. The van der Waals surface area contributed by atoms with Gasteiger partial charge in [-0.3, -0.25) is 0 Å². The third-order valence-electron chi connectivity index (χ3n) is 3.99. The van der Waals surface area contributed by atoms with E-state index in [1.54, 1.807) is 25.5 Å². The van der Waals surface area contributed by atoms with Gasteiger partial charge in [0.05, 0.1) is 16.1 Å². The van der Waals surface area contributed by atoms with Crippen molar-refractivity contribution in [3.05, 3.63) is 58.2 Å². The first-order valence-corrected chi connectivity index (χ1v) is 9.69. The Labute approximate surface area is 170 Å². The number of pyridine rings is 1. The number of nitrogens with zero attached hydrogens (tertiary/aromatic N) is 3. The lowest BCUT2D eigenvalue weighted by Crippen LogP contribution is -2.03. The summed E-state index contributed by atoms with van der Waals surface area (Å²) in [6.07, 6.45) is 4.26. The van der Waals surface area contributed by atoms with Crippen molar-refractivity contribution >= 4 is 40.8 Å². The zero-order valence-corrected chi connectivity index (χ0v) is 16.9. The maximum atomic E-state index is 13.8. The maximum Gasteiger partial charge on any atom is 0.144 e. The SMILES string of the molecule is CC(Sc1cc(-c2cnn(C(C)O)c2)cnc1N)c1c(Cl)ccc(F)c1Cl. The summed E-state index contributed by atoms with van der Waals surface area (Å²) in [7, 11) is 0. The van der Waals surface area contributed by atoms with Crippen molar-refractivity contribution in [1.82, 2.24) is 14.8 Å². The van der Waals surface area contributed by atoms with Crippen molar-refractivity contribution in [3.63, 3.8) is 0 Å². The van der Waals surface area contributed by atoms with Crippen LogP contribution in [0.5, 0.6) is 0 Å². The molecule has 2 aromatic heterocycles. The summed E-state index contributed by atoms with van der Waals surface area (Å²) >= 11 is 13.7. The Bertz CT molecular complexity index is 980. The van der Waals surface area contributed by atoms with Crippen LogP contribution in [0, 0.1) is 5.82 Å². The smallest absolute Gasteiger partial charge is 0.144 e. The minimum atomic E-state index is -0.730. The molecule has 0 spiro atoms. The first-order chi connectivity index (χ1) is 12.8. The lowest BCUT2D eigenvalue weighted by molar-refractivity contribution is 0.111. The van der Waals surface area contributed by atoms with E-state index in [0.29, 0.717) is 21.3 Å². The van der Waals surface area contributed by atoms with Gasteiger partial charge in [-0.2, -0.15) is 5.10 Å². The fourth-order valence-electron chi connectivity index (χ4n) is 2.56. The van der Waals surface area contributed by atoms with Gasteiger partial charge in [0, 0.05) is 39.4 Å². The van der Waals surface area contributed by atoms with E-state index in [1.165, 1.54) is 28.6 Å². The Hall–Kier alpha value is -1.80. The number of hydrogen-bond donors (Lipinski definition) is 2. The number of aliphatic hydroxyl groups is 1. The molecule has 9 heteroatoms. The van der Waals surface area contributed by atoms with Gasteiger partial charge in [0.1, 0.15) is 17.9 Å². The Morgan fingerprint density at radius 1 is 1.22 bits per heavy atom. The zero-order chi connectivity index (χ0) is 19.7. The minimum absolute atomic E-state index is 0.00314. The molecular formula is C18H17Cl2FN4OS. The summed E-state index contributed by atoms with van der Waals surface area (Å²) < 4.78 is 15.3. The predicted octanol–water partition coefficient (Wildman–Crippen LogP) is 5.34. The zero-order valence-electron chi connectivity index (χ0n) is 14.5. The molecule has 0 aliphatic heterocycles. The highest BCUT2D eigenvalue weighted by atomic mass is 35.5. The van der Waals surface area contributed by atoms with Gasteiger partial charge < -0.3 is 10.8 Å². The number of nitrogen functional groups attached to an aromatic ring is 1. The van der Waals surface area contributed by atoms with Crippen LogP contribution in [0.1, 0.15) is 30.9 Å². The Kier molecular flexibility index (Phi) is 5.95. The summed E-state index contributed by atoms with van der Waals surface area (Å²) in [6.45, 7) is 3.49. The van der Waals surface area contributed by atoms with Crippen molar-refractivity contribution < 1.29 is 9.50 Å². The van der Waals surface area contributed by atoms with E-state index in [0.717, 1.165) is 11.1 Å². The van der Waals surface area contributed by atoms with E-state index >= 15 is 0 Å². The van der Waals surface area contributed by atoms with Crippen LogP contribution in [0.2, 0.25) is 10.0 Å². The van der Waals surface area contributed by atoms with Crippen LogP contribution in [0.3, 0.4) is 0 Å². The molecule has 27 heavy (non-hydrogen) atoms. The summed E-state index contributed by atoms with van der Waals surface area (Å²) in [5.74, 6) is -0.170. The fraction of sp³-hybridized carbons (Fsp3) is 0.222. The monoisotopic (exact) mass is 426 g/mol. The molecule has 0 aliphatic carbocycles. The largest absolute Gasteiger partial charge is 0.383 e. The first-order valence-electron chi connectivity index (χ1n) is 8.06. The fourth-order valence-corrected chi connectivity index (χ4v) is 4.50. The lowest BCUT2D eigenvalue weighted by Gasteiger charge is -2.16. The molecule has 0 radical (unpaired) electrons. The quantitative estimate of drug-likeness (QED) is 0.425. The molecule has 5 nitrogen and oxygen atoms in total. The van der Waals surface area contributed by atoms with E-state index in [4.69, 9.17) is 28.9 Å². The Morgan fingerprint density at radius 2 is 1.96 bits per heavy atom. The number of thioether (sulfide) groups is 1. The molecule has 2 unspecified atom stereocenters. The highest BCUT2D eigenvalue weighted by Gasteiger charge is 2.20. The number of aliphatic hydroxyl groups excluding tert-OH is 1. The van der Waals surface area contributed by atoms with Gasteiger partial charge in [-0.1, -0.05) is 23.2 Å². The minimum Gasteiger partial charge on any atom is -0.383 e. The number of benzene rings is 1. The molecule has 2 atom stereocenters. The normalized spacial score (nSPS) is 13.6. The summed E-state index contributed by atoms with van der Waals surface area (Å²) in [4.78, 5) is 4.95. The van der Waals surface area contributed by atoms with Gasteiger partial charge in [-0.15, -0.1) is 11.8 Å². The molecule has 2 heterocycles. The molecule has 0 saturated heterocycles. The van der Waals surface area contributed by atoms with Gasteiger partial charge in [-0.25, -0.2) is 14.1 Å². The predicted molar refractivity (Wildman–Crippen MR) is 107 cm³/mol. The van der Waals surface area contributed by atoms with Gasteiger partial charge >= 0.3 is 0 Å². The van der Waals surface area contributed by atoms with Crippen molar-refractivity contribution in [1.29, 1.82) is 0 Å². The summed E-state index contributed by atoms with van der Waals surface area (Å²) in [5.41, 5.74) is 8.11. The molecule has 3 N–H and O–H groups in total. The molecule has 0 saturated carbocycles. The van der Waals surface area contributed by atoms with Crippen molar-refractivity contribution in [2.75, 3.05) is 5.73 Å². The van der Waals surface area contributed by atoms with Crippen molar-refractivity contribution in [2.24, 2.45) is 0 Å². The summed E-state index contributed by atoms with van der Waals surface area (Å²) in [6, 6.07) is 4.59. The van der Waals surface area contributed by atoms with Crippen LogP contribution in [0.15, 0.2) is 41.7 Å². The number of halogens is 3. The molecule has 0 bridgehead atoms. The molecule has 142 valence electrons. The number of anilines is 1. The summed E-state index contributed by atoms with van der Waals surface area (Å²) in [5, 5.41) is 13.9. The average molecular weight is 427 g/mol. The molecule has 0 amide bonds. The first kappa shape index (κ1) is 19.9. The van der Waals surface area contributed by atoms with E-state index in [-0.39, 0.29) is 10.3 Å². The molecule has 3 rings (SSSR count). The molecular weight excluding hydrogens is 410 g/mol. The highest BCUT2D eigenvalue weighted by molar-refractivity contribution is 7.99. The third kappa shape index (κ3) is 4.21. The average Bonchev–Trinajstić information content (AvgIpc) is 3.11. The van der Waals surface area contributed by atoms with E-state index in [2.05, 4.69) is 10.1 Å². The topological polar surface area (TPSA) is 77.0 Å². The van der Waals surface area contributed by atoms with Crippen LogP contribution in [0.25, 0.3) is 11.1 Å². The van der Waals surface area contributed by atoms with Gasteiger partial charge in [0.25, 0.3) is 0 Å². The molecule has 1 aromatic carbocycles. The second-order valence-corrected chi connectivity index (χ2v) is 8.13. The Morgan fingerprint density at radius 3 is 2.63 bits per heavy atom. The van der Waals surface area contributed by atoms with Crippen LogP contribution < -0.4 is 5.73 Å².